The molecule has 1 fully saturated rings. The smallest absolute Gasteiger partial charge is 0.0480 e. The first kappa shape index (κ1) is 11.8. The number of hydrogen-bond acceptors (Lipinski definition) is 2. The van der Waals surface area contributed by atoms with Gasteiger partial charge in [-0.3, -0.25) is 0 Å². The largest absolute Gasteiger partial charge is 0.350 e. The summed E-state index contributed by atoms with van der Waals surface area (Å²) in [5.74, 6) is 0. The summed E-state index contributed by atoms with van der Waals surface area (Å²) in [5.41, 5.74) is 4.13. The second kappa shape index (κ2) is 4.75. The van der Waals surface area contributed by atoms with Gasteiger partial charge in [-0.15, -0.1) is 0 Å². The number of fused-ring (bicyclic) bond motifs is 1. The summed E-state index contributed by atoms with van der Waals surface area (Å²) in [6, 6.07) is 7.28. The molecule has 3 heteroatoms. The van der Waals surface area contributed by atoms with E-state index >= 15 is 0 Å². The molecule has 0 radical (unpaired) electrons. The van der Waals surface area contributed by atoms with Gasteiger partial charge in [0.25, 0.3) is 0 Å². The maximum atomic E-state index is 3.58. The highest BCUT2D eigenvalue weighted by molar-refractivity contribution is 5.84. The van der Waals surface area contributed by atoms with Crippen molar-refractivity contribution < 1.29 is 0 Å². The van der Waals surface area contributed by atoms with Crippen LogP contribution in [0.3, 0.4) is 0 Å². The number of piperazine rings is 1. The molecule has 0 amide bonds. The number of aryl methyl sites for hydroxylation is 2. The van der Waals surface area contributed by atoms with Gasteiger partial charge >= 0.3 is 0 Å². The molecule has 18 heavy (non-hydrogen) atoms. The van der Waals surface area contributed by atoms with Gasteiger partial charge in [-0.25, -0.2) is 0 Å². The monoisotopic (exact) mass is 243 g/mol. The van der Waals surface area contributed by atoms with E-state index in [-0.39, 0.29) is 0 Å². The van der Waals surface area contributed by atoms with Crippen LogP contribution in [0.5, 0.6) is 0 Å². The minimum absolute atomic E-state index is 0.560. The van der Waals surface area contributed by atoms with Crippen LogP contribution in [0.2, 0.25) is 0 Å². The number of nitrogens with zero attached hydrogens (tertiary/aromatic N) is 1. The quantitative estimate of drug-likeness (QED) is 0.838. The van der Waals surface area contributed by atoms with Crippen LogP contribution in [0.25, 0.3) is 10.9 Å². The Morgan fingerprint density at radius 1 is 1.33 bits per heavy atom. The van der Waals surface area contributed by atoms with Crippen LogP contribution in [0, 0.1) is 6.92 Å². The molecular weight excluding hydrogens is 222 g/mol. The van der Waals surface area contributed by atoms with Crippen molar-refractivity contribution >= 4 is 10.9 Å². The summed E-state index contributed by atoms with van der Waals surface area (Å²) in [6.07, 6.45) is 3.38. The van der Waals surface area contributed by atoms with E-state index in [1.54, 1.807) is 0 Å². The molecule has 0 bridgehead atoms. The number of hydrogen-bond donors (Lipinski definition) is 2. The first-order chi connectivity index (χ1) is 8.74. The molecule has 1 aliphatic rings. The van der Waals surface area contributed by atoms with Crippen molar-refractivity contribution in [1.29, 1.82) is 0 Å². The van der Waals surface area contributed by atoms with Gasteiger partial charge in [-0.2, -0.15) is 0 Å². The predicted molar refractivity (Wildman–Crippen MR) is 76.0 cm³/mol. The summed E-state index contributed by atoms with van der Waals surface area (Å²) >= 11 is 0. The van der Waals surface area contributed by atoms with Crippen molar-refractivity contribution in [3.05, 3.63) is 35.5 Å². The zero-order chi connectivity index (χ0) is 12.5. The van der Waals surface area contributed by atoms with Gasteiger partial charge in [0.15, 0.2) is 0 Å². The summed E-state index contributed by atoms with van der Waals surface area (Å²) in [4.78, 5) is 0. The minimum atomic E-state index is 0.560. The number of nitrogens with one attached hydrogen (secondary N) is 2. The summed E-state index contributed by atoms with van der Waals surface area (Å²) in [5, 5.41) is 8.44. The fourth-order valence-corrected chi connectivity index (χ4v) is 2.87. The molecule has 2 heterocycles. The van der Waals surface area contributed by atoms with Gasteiger partial charge in [0.1, 0.15) is 0 Å². The molecule has 1 aliphatic heterocycles. The maximum absolute atomic E-state index is 3.58. The Balaban J connectivity index is 1.93. The highest BCUT2D eigenvalue weighted by Gasteiger charge is 2.15. The van der Waals surface area contributed by atoms with Crippen molar-refractivity contribution in [2.45, 2.75) is 19.4 Å². The molecule has 1 aromatic carbocycles. The highest BCUT2D eigenvalue weighted by Crippen LogP contribution is 2.23. The molecule has 1 unspecified atom stereocenters. The van der Waals surface area contributed by atoms with E-state index in [2.05, 4.69) is 53.6 Å². The van der Waals surface area contributed by atoms with E-state index in [1.807, 2.05) is 0 Å². The van der Waals surface area contributed by atoms with E-state index in [0.717, 1.165) is 26.1 Å². The molecule has 1 saturated heterocycles. The van der Waals surface area contributed by atoms with E-state index in [0.29, 0.717) is 6.04 Å². The van der Waals surface area contributed by atoms with Crippen molar-refractivity contribution in [1.82, 2.24) is 15.2 Å². The van der Waals surface area contributed by atoms with Crippen LogP contribution >= 0.6 is 0 Å². The molecule has 3 nitrogen and oxygen atoms in total. The Labute approximate surface area is 108 Å². The average Bonchev–Trinajstić information content (AvgIpc) is 2.67. The maximum Gasteiger partial charge on any atom is 0.0480 e. The molecule has 0 saturated carbocycles. The molecular formula is C15H21N3. The lowest BCUT2D eigenvalue weighted by atomic mass is 10.0. The molecule has 0 aliphatic carbocycles. The van der Waals surface area contributed by atoms with Crippen LogP contribution in [-0.4, -0.2) is 30.2 Å². The summed E-state index contributed by atoms with van der Waals surface area (Å²) in [7, 11) is 2.13. The van der Waals surface area contributed by atoms with Gasteiger partial charge in [0.2, 0.25) is 0 Å². The van der Waals surface area contributed by atoms with Gasteiger partial charge in [0.05, 0.1) is 0 Å². The lowest BCUT2D eigenvalue weighted by Gasteiger charge is -2.24. The fraction of sp³-hybridized carbons (Fsp3) is 0.467. The van der Waals surface area contributed by atoms with E-state index < -0.39 is 0 Å². The molecule has 1 atom stereocenters. The van der Waals surface area contributed by atoms with Crippen LogP contribution in [0.15, 0.2) is 24.4 Å². The van der Waals surface area contributed by atoms with Crippen LogP contribution in [0.4, 0.5) is 0 Å². The number of aromatic nitrogens is 1. The minimum Gasteiger partial charge on any atom is -0.350 e. The second-order valence-electron chi connectivity index (χ2n) is 5.35. The number of benzene rings is 1. The molecule has 96 valence electrons. The fourth-order valence-electron chi connectivity index (χ4n) is 2.87. The van der Waals surface area contributed by atoms with E-state index in [4.69, 9.17) is 0 Å². The highest BCUT2D eigenvalue weighted by atomic mass is 15.1. The first-order valence-electron chi connectivity index (χ1n) is 6.73. The Bertz CT molecular complexity index is 550. The van der Waals surface area contributed by atoms with Crippen molar-refractivity contribution in [3.63, 3.8) is 0 Å². The average molecular weight is 243 g/mol. The predicted octanol–water partition coefficient (Wildman–Crippen LogP) is 1.59. The molecule has 2 N–H and O–H groups in total. The lowest BCUT2D eigenvalue weighted by Crippen LogP contribution is -2.49. The molecule has 3 rings (SSSR count). The van der Waals surface area contributed by atoms with Crippen molar-refractivity contribution in [2.75, 3.05) is 19.6 Å². The van der Waals surface area contributed by atoms with E-state index in [9.17, 15) is 0 Å². The lowest BCUT2D eigenvalue weighted by molar-refractivity contribution is 0.417. The standard InChI is InChI=1S/C15H21N3/c1-11-3-4-15-14(7-11)12(10-18(15)2)8-13-9-16-5-6-17-13/h3-4,7,10,13,16-17H,5-6,8-9H2,1-2H3. The zero-order valence-corrected chi connectivity index (χ0v) is 11.2. The molecule has 2 aromatic rings. The third-order valence-corrected chi connectivity index (χ3v) is 3.82. The second-order valence-corrected chi connectivity index (χ2v) is 5.35. The summed E-state index contributed by atoms with van der Waals surface area (Å²) in [6.45, 7) is 5.40. The topological polar surface area (TPSA) is 29.0 Å². The van der Waals surface area contributed by atoms with Crippen molar-refractivity contribution in [2.24, 2.45) is 7.05 Å². The van der Waals surface area contributed by atoms with Gasteiger partial charge in [-0.1, -0.05) is 11.6 Å². The van der Waals surface area contributed by atoms with Crippen LogP contribution < -0.4 is 10.6 Å². The first-order valence-corrected chi connectivity index (χ1v) is 6.73. The van der Waals surface area contributed by atoms with Crippen LogP contribution in [0.1, 0.15) is 11.1 Å². The Hall–Kier alpha value is -1.32. The number of rotatable bonds is 2. The Morgan fingerprint density at radius 2 is 2.22 bits per heavy atom. The third-order valence-electron chi connectivity index (χ3n) is 3.82. The third kappa shape index (κ3) is 2.16. The van der Waals surface area contributed by atoms with Gasteiger partial charge in [0, 0.05) is 49.8 Å². The van der Waals surface area contributed by atoms with E-state index in [1.165, 1.54) is 22.0 Å². The van der Waals surface area contributed by atoms with Gasteiger partial charge < -0.3 is 15.2 Å². The Morgan fingerprint density at radius 3 is 3.00 bits per heavy atom. The molecule has 1 aromatic heterocycles. The van der Waals surface area contributed by atoms with Gasteiger partial charge in [-0.05, 0) is 31.0 Å². The van der Waals surface area contributed by atoms with Crippen LogP contribution in [-0.2, 0) is 13.5 Å². The zero-order valence-electron chi connectivity index (χ0n) is 11.2. The Kier molecular flexibility index (Phi) is 3.10. The SMILES string of the molecule is Cc1ccc2c(c1)c(CC1CNCCN1)cn2C. The van der Waals surface area contributed by atoms with Crippen molar-refractivity contribution in [3.8, 4) is 0 Å². The molecule has 0 spiro atoms. The normalized spacial score (nSPS) is 20.4. The summed E-state index contributed by atoms with van der Waals surface area (Å²) < 4.78 is 2.24.